The fourth-order valence-electron chi connectivity index (χ4n) is 3.21. The van der Waals surface area contributed by atoms with Gasteiger partial charge in [0.25, 0.3) is 0 Å². The highest BCUT2D eigenvalue weighted by Crippen LogP contribution is 2.32. The molecule has 3 rings (SSSR count). The van der Waals surface area contributed by atoms with Crippen LogP contribution in [0.15, 0.2) is 53.6 Å². The first-order chi connectivity index (χ1) is 14.8. The molecule has 0 amide bonds. The lowest BCUT2D eigenvalue weighted by Crippen LogP contribution is -2.18. The van der Waals surface area contributed by atoms with Crippen LogP contribution >= 0.6 is 12.2 Å². The average Bonchev–Trinajstić information content (AvgIpc) is 3.06. The quantitative estimate of drug-likeness (QED) is 0.293. The molecule has 3 aromatic rings. The molecule has 0 saturated heterocycles. The average molecular weight is 437 g/mol. The summed E-state index contributed by atoms with van der Waals surface area (Å²) in [5.74, 6) is -0.953. The van der Waals surface area contributed by atoms with Crippen LogP contribution in [0.2, 0.25) is 0 Å². The summed E-state index contributed by atoms with van der Waals surface area (Å²) < 4.78 is 1.63. The normalized spacial score (nSPS) is 11.4. The maximum atomic E-state index is 11.0. The Bertz CT molecular complexity index is 1130. The molecule has 8 heteroatoms. The van der Waals surface area contributed by atoms with Gasteiger partial charge in [-0.1, -0.05) is 62.0 Å². The van der Waals surface area contributed by atoms with E-state index in [1.165, 1.54) is 17.7 Å². The minimum Gasteiger partial charge on any atom is -0.504 e. The van der Waals surface area contributed by atoms with Crippen LogP contribution in [0.25, 0.3) is 11.3 Å². The fraction of sp³-hybridized carbons (Fsp3) is 0.217. The zero-order chi connectivity index (χ0) is 22.5. The number of hydrogen-bond acceptors (Lipinski definition) is 5. The SMILES string of the molecule is CCCc1ccc(-c2c(O)c(/C(C)=N/NC(=S)c3ccc(C(=O)O)cc3)nn2C)cc1. The van der Waals surface area contributed by atoms with E-state index in [9.17, 15) is 9.90 Å². The molecule has 160 valence electrons. The Hall–Kier alpha value is -3.52. The van der Waals surface area contributed by atoms with Crippen molar-refractivity contribution in [3.8, 4) is 17.0 Å². The van der Waals surface area contributed by atoms with Gasteiger partial charge in [0.1, 0.15) is 10.7 Å². The molecule has 0 radical (unpaired) electrons. The van der Waals surface area contributed by atoms with Gasteiger partial charge in [-0.3, -0.25) is 10.1 Å². The van der Waals surface area contributed by atoms with Gasteiger partial charge in [0.05, 0.1) is 11.3 Å². The number of rotatable bonds is 7. The number of nitrogens with one attached hydrogen (secondary N) is 1. The lowest BCUT2D eigenvalue weighted by molar-refractivity contribution is 0.0697. The maximum absolute atomic E-state index is 11.0. The van der Waals surface area contributed by atoms with Crippen molar-refractivity contribution in [3.05, 3.63) is 70.9 Å². The number of benzene rings is 2. The molecule has 7 nitrogen and oxygen atoms in total. The van der Waals surface area contributed by atoms with Gasteiger partial charge < -0.3 is 10.2 Å². The minimum absolute atomic E-state index is 0.0468. The van der Waals surface area contributed by atoms with Crippen LogP contribution in [0.5, 0.6) is 5.75 Å². The lowest BCUT2D eigenvalue weighted by Gasteiger charge is -2.05. The van der Waals surface area contributed by atoms with Crippen LogP contribution in [0.1, 0.15) is 47.4 Å². The van der Waals surface area contributed by atoms with Crippen molar-refractivity contribution in [2.45, 2.75) is 26.7 Å². The first-order valence-corrected chi connectivity index (χ1v) is 10.3. The number of aromatic nitrogens is 2. The standard InChI is InChI=1S/C23H24N4O3S/c1-4-5-15-6-8-16(9-7-15)20-21(28)19(26-27(20)3)14(2)24-25-22(31)17-10-12-18(13-11-17)23(29)30/h6-13,28H,4-5H2,1-3H3,(H,25,31)(H,29,30)/b24-14+. The molecule has 0 aliphatic heterocycles. The predicted molar refractivity (Wildman–Crippen MR) is 125 cm³/mol. The van der Waals surface area contributed by atoms with Crippen LogP contribution in [0.4, 0.5) is 0 Å². The summed E-state index contributed by atoms with van der Waals surface area (Å²) in [6, 6.07) is 14.3. The first-order valence-electron chi connectivity index (χ1n) is 9.85. The summed E-state index contributed by atoms with van der Waals surface area (Å²) in [6.07, 6.45) is 2.09. The number of thiocarbonyl (C=S) groups is 1. The molecular formula is C23H24N4O3S. The topological polar surface area (TPSA) is 99.7 Å². The van der Waals surface area contributed by atoms with E-state index in [0.717, 1.165) is 18.4 Å². The molecule has 0 unspecified atom stereocenters. The number of carboxylic acids is 1. The van der Waals surface area contributed by atoms with Crippen molar-refractivity contribution in [2.75, 3.05) is 0 Å². The highest BCUT2D eigenvalue weighted by Gasteiger charge is 2.19. The van der Waals surface area contributed by atoms with Gasteiger partial charge >= 0.3 is 5.97 Å². The molecule has 0 saturated carbocycles. The monoisotopic (exact) mass is 436 g/mol. The Labute approximate surface area is 186 Å². The van der Waals surface area contributed by atoms with E-state index in [1.54, 1.807) is 30.8 Å². The Morgan fingerprint density at radius 2 is 1.74 bits per heavy atom. The molecule has 0 spiro atoms. The summed E-state index contributed by atoms with van der Waals surface area (Å²) in [4.78, 5) is 11.3. The third-order valence-electron chi connectivity index (χ3n) is 4.85. The number of nitrogens with zero attached hydrogens (tertiary/aromatic N) is 3. The van der Waals surface area contributed by atoms with Gasteiger partial charge in [-0.2, -0.15) is 10.2 Å². The molecular weight excluding hydrogens is 412 g/mol. The van der Waals surface area contributed by atoms with Crippen molar-refractivity contribution in [1.29, 1.82) is 0 Å². The number of aromatic hydroxyl groups is 1. The van der Waals surface area contributed by atoms with E-state index >= 15 is 0 Å². The van der Waals surface area contributed by atoms with Gasteiger partial charge in [0.2, 0.25) is 0 Å². The molecule has 31 heavy (non-hydrogen) atoms. The fourth-order valence-corrected chi connectivity index (χ4v) is 3.40. The summed E-state index contributed by atoms with van der Waals surface area (Å²) in [5, 5.41) is 28.4. The molecule has 3 N–H and O–H groups in total. The van der Waals surface area contributed by atoms with Crippen LogP contribution in [0.3, 0.4) is 0 Å². The van der Waals surface area contributed by atoms with E-state index in [2.05, 4.69) is 34.7 Å². The van der Waals surface area contributed by atoms with E-state index in [-0.39, 0.29) is 11.3 Å². The zero-order valence-corrected chi connectivity index (χ0v) is 18.4. The van der Waals surface area contributed by atoms with E-state index in [4.69, 9.17) is 17.3 Å². The van der Waals surface area contributed by atoms with Crippen molar-refractivity contribution < 1.29 is 15.0 Å². The van der Waals surface area contributed by atoms with Gasteiger partial charge in [0, 0.05) is 18.2 Å². The largest absolute Gasteiger partial charge is 0.504 e. The van der Waals surface area contributed by atoms with Crippen LogP contribution in [0, 0.1) is 0 Å². The molecule has 2 aromatic carbocycles. The first kappa shape index (κ1) is 22.2. The summed E-state index contributed by atoms with van der Waals surface area (Å²) in [7, 11) is 1.77. The number of carbonyl (C=O) groups is 1. The van der Waals surface area contributed by atoms with Crippen LogP contribution < -0.4 is 5.43 Å². The van der Waals surface area contributed by atoms with E-state index in [0.29, 0.717) is 27.7 Å². The molecule has 1 aromatic heterocycles. The number of carboxylic acid groups (broad SMARTS) is 1. The van der Waals surface area contributed by atoms with Crippen molar-refractivity contribution >= 4 is 28.9 Å². The van der Waals surface area contributed by atoms with Gasteiger partial charge in [-0.25, -0.2) is 4.79 Å². The molecule has 0 atom stereocenters. The van der Waals surface area contributed by atoms with Crippen molar-refractivity contribution in [3.63, 3.8) is 0 Å². The third-order valence-corrected chi connectivity index (χ3v) is 5.18. The molecule has 1 heterocycles. The number of aromatic carboxylic acids is 1. The number of aryl methyl sites for hydroxylation is 2. The number of hydrazone groups is 1. The molecule has 0 aliphatic rings. The summed E-state index contributed by atoms with van der Waals surface area (Å²) >= 11 is 5.32. The van der Waals surface area contributed by atoms with E-state index in [1.807, 2.05) is 12.1 Å². The van der Waals surface area contributed by atoms with Crippen molar-refractivity contribution in [2.24, 2.45) is 12.1 Å². The molecule has 0 fully saturated rings. The second kappa shape index (κ2) is 9.53. The Morgan fingerprint density at radius 3 is 2.32 bits per heavy atom. The van der Waals surface area contributed by atoms with Gasteiger partial charge in [0.15, 0.2) is 11.4 Å². The molecule has 0 bridgehead atoms. The van der Waals surface area contributed by atoms with E-state index < -0.39 is 5.97 Å². The van der Waals surface area contributed by atoms with Crippen molar-refractivity contribution in [1.82, 2.24) is 15.2 Å². The number of hydrogen-bond donors (Lipinski definition) is 3. The van der Waals surface area contributed by atoms with Gasteiger partial charge in [-0.15, -0.1) is 0 Å². The smallest absolute Gasteiger partial charge is 0.335 e. The third kappa shape index (κ3) is 4.97. The zero-order valence-electron chi connectivity index (χ0n) is 17.6. The lowest BCUT2D eigenvalue weighted by atomic mass is 10.0. The van der Waals surface area contributed by atoms with Gasteiger partial charge in [-0.05, 0) is 31.0 Å². The highest BCUT2D eigenvalue weighted by atomic mass is 32.1. The summed E-state index contributed by atoms with van der Waals surface area (Å²) in [6.45, 7) is 3.86. The minimum atomic E-state index is -0.999. The highest BCUT2D eigenvalue weighted by molar-refractivity contribution is 7.80. The second-order valence-electron chi connectivity index (χ2n) is 7.14. The second-order valence-corrected chi connectivity index (χ2v) is 7.55. The Kier molecular flexibility index (Phi) is 6.81. The molecule has 0 aliphatic carbocycles. The van der Waals surface area contributed by atoms with Crippen LogP contribution in [-0.4, -0.2) is 36.7 Å². The maximum Gasteiger partial charge on any atom is 0.335 e. The Balaban J connectivity index is 1.79. The Morgan fingerprint density at radius 1 is 1.13 bits per heavy atom. The predicted octanol–water partition coefficient (Wildman–Crippen LogP) is 4.13. The summed E-state index contributed by atoms with van der Waals surface area (Å²) in [5.41, 5.74) is 7.14. The van der Waals surface area contributed by atoms with Crippen LogP contribution in [-0.2, 0) is 13.5 Å².